The van der Waals surface area contributed by atoms with Crippen LogP contribution in [0.25, 0.3) is 0 Å². The highest BCUT2D eigenvalue weighted by molar-refractivity contribution is 9.10. The van der Waals surface area contributed by atoms with E-state index in [-0.39, 0.29) is 0 Å². The Labute approximate surface area is 126 Å². The average molecular weight is 335 g/mol. The number of carbonyl (C=O) groups is 1. The lowest BCUT2D eigenvalue weighted by Gasteiger charge is -2.12. The number of hydrogen-bond donors (Lipinski definition) is 2. The monoisotopic (exact) mass is 334 g/mol. The number of nitrogens with two attached hydrogens (primary N) is 1. The first-order valence-electron chi connectivity index (χ1n) is 6.07. The number of nitrogen functional groups attached to an aromatic ring is 1. The minimum atomic E-state index is -0.435. The van der Waals surface area contributed by atoms with E-state index in [9.17, 15) is 4.79 Å². The van der Waals surface area contributed by atoms with E-state index in [2.05, 4.69) is 21.2 Å². The number of esters is 1. The molecule has 0 spiro atoms. The number of rotatable bonds is 4. The van der Waals surface area contributed by atoms with Gasteiger partial charge in [-0.1, -0.05) is 34.1 Å². The number of halogens is 1. The van der Waals surface area contributed by atoms with Gasteiger partial charge < -0.3 is 15.8 Å². The van der Waals surface area contributed by atoms with E-state index < -0.39 is 5.97 Å². The van der Waals surface area contributed by atoms with E-state index >= 15 is 0 Å². The Morgan fingerprint density at radius 2 is 1.95 bits per heavy atom. The highest BCUT2D eigenvalue weighted by Crippen LogP contribution is 2.24. The number of methoxy groups -OCH3 is 1. The lowest BCUT2D eigenvalue weighted by molar-refractivity contribution is 0.0602. The molecule has 0 aliphatic heterocycles. The van der Waals surface area contributed by atoms with Gasteiger partial charge in [-0.05, 0) is 29.8 Å². The van der Waals surface area contributed by atoms with Crippen LogP contribution in [-0.2, 0) is 11.3 Å². The maximum Gasteiger partial charge on any atom is 0.340 e. The first-order chi connectivity index (χ1) is 9.61. The van der Waals surface area contributed by atoms with Gasteiger partial charge in [0, 0.05) is 11.0 Å². The van der Waals surface area contributed by atoms with Gasteiger partial charge in [0.1, 0.15) is 0 Å². The summed E-state index contributed by atoms with van der Waals surface area (Å²) >= 11 is 3.39. The predicted molar refractivity (Wildman–Crippen MR) is 83.7 cm³/mol. The zero-order valence-electron chi connectivity index (χ0n) is 11.0. The summed E-state index contributed by atoms with van der Waals surface area (Å²) in [7, 11) is 1.34. The van der Waals surface area contributed by atoms with Gasteiger partial charge in [-0.15, -0.1) is 0 Å². The van der Waals surface area contributed by atoms with Crippen LogP contribution in [0.15, 0.2) is 46.9 Å². The molecule has 0 aliphatic rings. The van der Waals surface area contributed by atoms with Gasteiger partial charge in [0.05, 0.1) is 24.0 Å². The Hall–Kier alpha value is -2.01. The molecule has 0 amide bonds. The second-order valence-corrected chi connectivity index (χ2v) is 5.15. The molecule has 0 bridgehead atoms. The predicted octanol–water partition coefficient (Wildman–Crippen LogP) is 3.43. The van der Waals surface area contributed by atoms with Crippen LogP contribution in [0.3, 0.4) is 0 Å². The van der Waals surface area contributed by atoms with Crippen LogP contribution < -0.4 is 11.1 Å². The smallest absolute Gasteiger partial charge is 0.340 e. The van der Waals surface area contributed by atoms with Crippen LogP contribution in [0, 0.1) is 0 Å². The molecule has 2 aromatic rings. The van der Waals surface area contributed by atoms with E-state index in [4.69, 9.17) is 10.5 Å². The molecular weight excluding hydrogens is 320 g/mol. The normalized spacial score (nSPS) is 10.1. The molecule has 0 atom stereocenters. The Kier molecular flexibility index (Phi) is 4.63. The third kappa shape index (κ3) is 3.30. The fourth-order valence-electron chi connectivity index (χ4n) is 1.81. The van der Waals surface area contributed by atoms with Gasteiger partial charge >= 0.3 is 5.97 Å². The summed E-state index contributed by atoms with van der Waals surface area (Å²) < 4.78 is 5.73. The molecule has 3 N–H and O–H groups in total. The number of carbonyl (C=O) groups excluding carboxylic acids is 1. The summed E-state index contributed by atoms with van der Waals surface area (Å²) in [5.41, 5.74) is 8.59. The van der Waals surface area contributed by atoms with E-state index in [1.165, 1.54) is 7.11 Å². The highest BCUT2D eigenvalue weighted by atomic mass is 79.9. The molecule has 0 heterocycles. The van der Waals surface area contributed by atoms with Gasteiger partial charge in [-0.2, -0.15) is 0 Å². The van der Waals surface area contributed by atoms with Crippen LogP contribution in [0.1, 0.15) is 15.9 Å². The number of ether oxygens (including phenoxy) is 1. The van der Waals surface area contributed by atoms with E-state index in [1.54, 1.807) is 12.1 Å². The zero-order valence-corrected chi connectivity index (χ0v) is 12.6. The van der Waals surface area contributed by atoms with Crippen molar-refractivity contribution in [2.75, 3.05) is 18.2 Å². The highest BCUT2D eigenvalue weighted by Gasteiger charge is 2.12. The lowest BCUT2D eigenvalue weighted by atomic mass is 10.1. The molecule has 2 rings (SSSR count). The Morgan fingerprint density at radius 3 is 2.60 bits per heavy atom. The maximum absolute atomic E-state index is 11.6. The SMILES string of the molecule is COC(=O)c1cccc(NCc2ccc(Br)cc2)c1N. The Bertz CT molecular complexity index is 612. The first-order valence-corrected chi connectivity index (χ1v) is 6.86. The summed E-state index contributed by atoms with van der Waals surface area (Å²) in [5.74, 6) is -0.435. The van der Waals surface area contributed by atoms with Crippen molar-refractivity contribution in [3.63, 3.8) is 0 Å². The number of hydrogen-bond acceptors (Lipinski definition) is 4. The molecule has 0 radical (unpaired) electrons. The molecule has 5 heteroatoms. The summed E-state index contributed by atoms with van der Waals surface area (Å²) in [6.45, 7) is 0.627. The summed E-state index contributed by atoms with van der Waals surface area (Å²) in [5, 5.41) is 3.22. The summed E-state index contributed by atoms with van der Waals surface area (Å²) in [6.07, 6.45) is 0. The van der Waals surface area contributed by atoms with Gasteiger partial charge in [-0.3, -0.25) is 0 Å². The third-order valence-electron chi connectivity index (χ3n) is 2.91. The van der Waals surface area contributed by atoms with Crippen molar-refractivity contribution in [3.8, 4) is 0 Å². The van der Waals surface area contributed by atoms with Crippen molar-refractivity contribution in [2.45, 2.75) is 6.54 Å². The standard InChI is InChI=1S/C15H15BrN2O2/c1-20-15(19)12-3-2-4-13(14(12)17)18-9-10-5-7-11(16)8-6-10/h2-8,18H,9,17H2,1H3. The van der Waals surface area contributed by atoms with Gasteiger partial charge in [0.2, 0.25) is 0 Å². The van der Waals surface area contributed by atoms with Crippen molar-refractivity contribution >= 4 is 33.3 Å². The topological polar surface area (TPSA) is 64.3 Å². The fourth-order valence-corrected chi connectivity index (χ4v) is 2.07. The third-order valence-corrected chi connectivity index (χ3v) is 3.44. The van der Waals surface area contributed by atoms with Crippen LogP contribution in [-0.4, -0.2) is 13.1 Å². The zero-order chi connectivity index (χ0) is 14.5. The molecule has 0 aromatic heterocycles. The van der Waals surface area contributed by atoms with Gasteiger partial charge in [-0.25, -0.2) is 4.79 Å². The average Bonchev–Trinajstić information content (AvgIpc) is 2.47. The molecule has 0 saturated heterocycles. The van der Waals surface area contributed by atoms with E-state index in [1.807, 2.05) is 30.3 Å². The van der Waals surface area contributed by atoms with Crippen LogP contribution in [0.2, 0.25) is 0 Å². The molecule has 4 nitrogen and oxygen atoms in total. The van der Waals surface area contributed by atoms with Crippen LogP contribution in [0.5, 0.6) is 0 Å². The van der Waals surface area contributed by atoms with Crippen LogP contribution >= 0.6 is 15.9 Å². The molecule has 0 saturated carbocycles. The van der Waals surface area contributed by atoms with Crippen molar-refractivity contribution in [2.24, 2.45) is 0 Å². The van der Waals surface area contributed by atoms with Crippen molar-refractivity contribution < 1.29 is 9.53 Å². The Morgan fingerprint density at radius 1 is 1.25 bits per heavy atom. The maximum atomic E-state index is 11.6. The molecule has 0 aliphatic carbocycles. The van der Waals surface area contributed by atoms with Crippen molar-refractivity contribution in [1.29, 1.82) is 0 Å². The largest absolute Gasteiger partial charge is 0.465 e. The summed E-state index contributed by atoms with van der Waals surface area (Å²) in [6, 6.07) is 13.2. The summed E-state index contributed by atoms with van der Waals surface area (Å²) in [4.78, 5) is 11.6. The number of benzene rings is 2. The van der Waals surface area contributed by atoms with Gasteiger partial charge in [0.25, 0.3) is 0 Å². The van der Waals surface area contributed by atoms with Gasteiger partial charge in [0.15, 0.2) is 0 Å². The van der Waals surface area contributed by atoms with E-state index in [0.29, 0.717) is 17.8 Å². The van der Waals surface area contributed by atoms with Crippen LogP contribution in [0.4, 0.5) is 11.4 Å². The minimum absolute atomic E-state index is 0.369. The quantitative estimate of drug-likeness (QED) is 0.664. The number of nitrogens with one attached hydrogen (secondary N) is 1. The Balaban J connectivity index is 2.13. The molecule has 0 unspecified atom stereocenters. The first kappa shape index (κ1) is 14.4. The number of anilines is 2. The molecule has 2 aromatic carbocycles. The molecule has 20 heavy (non-hydrogen) atoms. The van der Waals surface area contributed by atoms with E-state index in [0.717, 1.165) is 15.7 Å². The second kappa shape index (κ2) is 6.43. The molecule has 104 valence electrons. The molecular formula is C15H15BrN2O2. The molecule has 0 fully saturated rings. The minimum Gasteiger partial charge on any atom is -0.465 e. The lowest BCUT2D eigenvalue weighted by Crippen LogP contribution is -2.09. The fraction of sp³-hybridized carbons (Fsp3) is 0.133. The second-order valence-electron chi connectivity index (χ2n) is 4.24. The van der Waals surface area contributed by atoms with Crippen molar-refractivity contribution in [1.82, 2.24) is 0 Å². The number of para-hydroxylation sites is 1. The van der Waals surface area contributed by atoms with Crippen molar-refractivity contribution in [3.05, 3.63) is 58.1 Å².